The molecular weight excluding hydrogens is 410 g/mol. The van der Waals surface area contributed by atoms with Gasteiger partial charge in [0.25, 0.3) is 0 Å². The summed E-state index contributed by atoms with van der Waals surface area (Å²) < 4.78 is 28.7. The summed E-state index contributed by atoms with van der Waals surface area (Å²) in [6.45, 7) is 2.31. The number of benzene rings is 1. The van der Waals surface area contributed by atoms with Crippen molar-refractivity contribution in [2.24, 2.45) is 5.92 Å². The van der Waals surface area contributed by atoms with Gasteiger partial charge in [-0.1, -0.05) is 19.1 Å². The molecule has 0 saturated heterocycles. The average Bonchev–Trinajstić information content (AvgIpc) is 3.21. The minimum absolute atomic E-state index is 0.0246. The second kappa shape index (κ2) is 8.53. The molecule has 8 heteroatoms. The van der Waals surface area contributed by atoms with Crippen molar-refractivity contribution >= 4 is 23.0 Å². The molecule has 4 aromatic rings. The average molecular weight is 434 g/mol. The van der Waals surface area contributed by atoms with Gasteiger partial charge in [-0.3, -0.25) is 0 Å². The molecule has 0 spiro atoms. The summed E-state index contributed by atoms with van der Waals surface area (Å²) in [7, 11) is 0. The zero-order valence-electron chi connectivity index (χ0n) is 17.7. The summed E-state index contributed by atoms with van der Waals surface area (Å²) in [5.41, 5.74) is 3.19. The Morgan fingerprint density at radius 1 is 0.938 bits per heavy atom. The second-order valence-electron chi connectivity index (χ2n) is 8.42. The van der Waals surface area contributed by atoms with Gasteiger partial charge in [-0.15, -0.1) is 5.10 Å². The van der Waals surface area contributed by atoms with E-state index in [1.165, 1.54) is 12.8 Å². The van der Waals surface area contributed by atoms with Gasteiger partial charge in [0.05, 0.1) is 18.1 Å². The van der Waals surface area contributed by atoms with E-state index in [0.29, 0.717) is 11.7 Å². The zero-order valence-corrected chi connectivity index (χ0v) is 17.7. The number of aromatic nitrogens is 4. The lowest BCUT2D eigenvalue weighted by Crippen LogP contribution is -2.25. The summed E-state index contributed by atoms with van der Waals surface area (Å²) in [5, 5.41) is 11.2. The molecule has 6 nitrogen and oxygen atoms in total. The first-order valence-corrected chi connectivity index (χ1v) is 10.8. The molecule has 0 aliphatic heterocycles. The van der Waals surface area contributed by atoms with Crippen LogP contribution in [0.15, 0.2) is 54.9 Å². The predicted molar refractivity (Wildman–Crippen MR) is 121 cm³/mol. The van der Waals surface area contributed by atoms with Gasteiger partial charge in [-0.25, -0.2) is 23.3 Å². The summed E-state index contributed by atoms with van der Waals surface area (Å²) in [4.78, 5) is 8.22. The fourth-order valence-electron chi connectivity index (χ4n) is 4.13. The third kappa shape index (κ3) is 4.26. The van der Waals surface area contributed by atoms with E-state index in [0.717, 1.165) is 53.7 Å². The van der Waals surface area contributed by atoms with E-state index in [4.69, 9.17) is 5.10 Å². The monoisotopic (exact) mass is 434 g/mol. The largest absolute Gasteiger partial charge is 0.366 e. The van der Waals surface area contributed by atoms with Crippen LogP contribution >= 0.6 is 0 Å². The van der Waals surface area contributed by atoms with Crippen molar-refractivity contribution in [1.82, 2.24) is 19.6 Å². The Bertz CT molecular complexity index is 1230. The molecule has 0 unspecified atom stereocenters. The van der Waals surface area contributed by atoms with Gasteiger partial charge in [0, 0.05) is 23.4 Å². The topological polar surface area (TPSA) is 67.1 Å². The van der Waals surface area contributed by atoms with Gasteiger partial charge in [-0.05, 0) is 55.9 Å². The smallest absolute Gasteiger partial charge is 0.168 e. The fourth-order valence-corrected chi connectivity index (χ4v) is 4.13. The highest BCUT2D eigenvalue weighted by molar-refractivity contribution is 5.67. The molecule has 0 radical (unpaired) electrons. The molecule has 1 aliphatic rings. The number of hydrogen-bond acceptors (Lipinski definition) is 5. The van der Waals surface area contributed by atoms with Crippen molar-refractivity contribution < 1.29 is 8.78 Å². The van der Waals surface area contributed by atoms with Crippen molar-refractivity contribution in [1.29, 1.82) is 0 Å². The third-order valence-corrected chi connectivity index (χ3v) is 5.98. The van der Waals surface area contributed by atoms with Crippen LogP contribution in [0.5, 0.6) is 0 Å². The highest BCUT2D eigenvalue weighted by Gasteiger charge is 2.18. The molecule has 164 valence electrons. The van der Waals surface area contributed by atoms with Crippen molar-refractivity contribution in [3.63, 3.8) is 0 Å². The van der Waals surface area contributed by atoms with Crippen LogP contribution in [-0.4, -0.2) is 25.6 Å². The Morgan fingerprint density at radius 2 is 1.72 bits per heavy atom. The molecule has 0 bridgehead atoms. The SMILES string of the molecule is CC1CCC(Nc2ccc3ncc(-c4ccc(Nc5ncc(F)cc5F)cc4)n3n2)CC1. The quantitative estimate of drug-likeness (QED) is 0.415. The lowest BCUT2D eigenvalue weighted by molar-refractivity contribution is 0.360. The van der Waals surface area contributed by atoms with Gasteiger partial charge in [0.15, 0.2) is 17.3 Å². The van der Waals surface area contributed by atoms with E-state index in [1.54, 1.807) is 6.20 Å². The molecule has 1 aliphatic carbocycles. The molecule has 0 amide bonds. The highest BCUT2D eigenvalue weighted by atomic mass is 19.1. The normalized spacial score (nSPS) is 18.6. The zero-order chi connectivity index (χ0) is 22.1. The Morgan fingerprint density at radius 3 is 2.47 bits per heavy atom. The molecule has 3 aromatic heterocycles. The second-order valence-corrected chi connectivity index (χ2v) is 8.42. The summed E-state index contributed by atoms with van der Waals surface area (Å²) in [6, 6.07) is 12.6. The summed E-state index contributed by atoms with van der Waals surface area (Å²) >= 11 is 0. The molecule has 1 fully saturated rings. The van der Waals surface area contributed by atoms with Crippen LogP contribution in [0.2, 0.25) is 0 Å². The molecule has 0 atom stereocenters. The summed E-state index contributed by atoms with van der Waals surface area (Å²) in [6.07, 6.45) is 7.58. The van der Waals surface area contributed by atoms with E-state index in [9.17, 15) is 8.78 Å². The maximum atomic E-state index is 13.8. The maximum Gasteiger partial charge on any atom is 0.168 e. The van der Waals surface area contributed by atoms with E-state index >= 15 is 0 Å². The number of pyridine rings is 1. The molecular formula is C24H24F2N6. The lowest BCUT2D eigenvalue weighted by Gasteiger charge is -2.27. The van der Waals surface area contributed by atoms with Crippen LogP contribution in [0.4, 0.5) is 26.1 Å². The maximum absolute atomic E-state index is 13.8. The first-order valence-electron chi connectivity index (χ1n) is 10.8. The number of fused-ring (bicyclic) bond motifs is 1. The molecule has 2 N–H and O–H groups in total. The van der Waals surface area contributed by atoms with Crippen molar-refractivity contribution in [3.05, 3.63) is 66.5 Å². The van der Waals surface area contributed by atoms with Gasteiger partial charge < -0.3 is 10.6 Å². The van der Waals surface area contributed by atoms with Crippen LogP contribution in [0.1, 0.15) is 32.6 Å². The van der Waals surface area contributed by atoms with E-state index in [2.05, 4.69) is 27.5 Å². The molecule has 3 heterocycles. The van der Waals surface area contributed by atoms with Gasteiger partial charge in [0.2, 0.25) is 0 Å². The number of rotatable bonds is 5. The Labute approximate surface area is 184 Å². The third-order valence-electron chi connectivity index (χ3n) is 5.98. The number of halogens is 2. The van der Waals surface area contributed by atoms with Gasteiger partial charge in [0.1, 0.15) is 11.6 Å². The predicted octanol–water partition coefficient (Wildman–Crippen LogP) is 5.80. The minimum atomic E-state index is -0.743. The Balaban J connectivity index is 1.35. The number of anilines is 3. The highest BCUT2D eigenvalue weighted by Crippen LogP contribution is 2.27. The minimum Gasteiger partial charge on any atom is -0.366 e. The fraction of sp³-hybridized carbons (Fsp3) is 0.292. The first kappa shape index (κ1) is 20.4. The van der Waals surface area contributed by atoms with Gasteiger partial charge in [-0.2, -0.15) is 0 Å². The number of nitrogens with one attached hydrogen (secondary N) is 2. The van der Waals surface area contributed by atoms with Gasteiger partial charge >= 0.3 is 0 Å². The van der Waals surface area contributed by atoms with Crippen molar-refractivity contribution in [2.45, 2.75) is 38.6 Å². The van der Waals surface area contributed by atoms with Crippen LogP contribution in [0, 0.1) is 17.6 Å². The van der Waals surface area contributed by atoms with Crippen LogP contribution in [0.25, 0.3) is 16.9 Å². The van der Waals surface area contributed by atoms with Crippen LogP contribution in [-0.2, 0) is 0 Å². The van der Waals surface area contributed by atoms with Crippen molar-refractivity contribution in [3.8, 4) is 11.3 Å². The number of imidazole rings is 1. The Kier molecular flexibility index (Phi) is 5.43. The summed E-state index contributed by atoms with van der Waals surface area (Å²) in [5.74, 6) is 0.162. The van der Waals surface area contributed by atoms with E-state index < -0.39 is 11.6 Å². The molecule has 32 heavy (non-hydrogen) atoms. The van der Waals surface area contributed by atoms with Crippen LogP contribution in [0.3, 0.4) is 0 Å². The first-order chi connectivity index (χ1) is 15.5. The lowest BCUT2D eigenvalue weighted by atomic mass is 9.87. The number of hydrogen-bond donors (Lipinski definition) is 2. The molecule has 1 aromatic carbocycles. The molecule has 1 saturated carbocycles. The standard InChI is InChI=1S/C24H24F2N6/c1-15-2-6-18(7-3-15)29-22-10-11-23-27-14-21(32(23)31-22)16-4-8-19(9-5-16)30-24-20(26)12-17(25)13-28-24/h4-5,8-15,18H,2-3,6-7H2,1H3,(H,28,30)(H,29,31). The van der Waals surface area contributed by atoms with Crippen LogP contribution < -0.4 is 10.6 Å². The number of nitrogens with zero attached hydrogens (tertiary/aromatic N) is 4. The Hall–Kier alpha value is -3.55. The van der Waals surface area contributed by atoms with E-state index in [1.807, 2.05) is 40.9 Å². The van der Waals surface area contributed by atoms with E-state index in [-0.39, 0.29) is 5.82 Å². The molecule has 5 rings (SSSR count). The van der Waals surface area contributed by atoms with Crippen molar-refractivity contribution in [2.75, 3.05) is 10.6 Å².